The average molecular weight is 465 g/mol. The summed E-state index contributed by atoms with van der Waals surface area (Å²) < 4.78 is 56.9. The number of aromatic amines is 1. The first-order chi connectivity index (χ1) is 14.4. The zero-order chi connectivity index (χ0) is 23.0. The second-order valence-corrected chi connectivity index (χ2v) is 9.59. The molecule has 0 radical (unpaired) electrons. The Morgan fingerprint density at radius 1 is 0.968 bits per heavy atom. The van der Waals surface area contributed by atoms with Crippen LogP contribution in [0.2, 0.25) is 0 Å². The molecule has 0 aliphatic heterocycles. The summed E-state index contributed by atoms with van der Waals surface area (Å²) in [6.45, 7) is 0. The van der Waals surface area contributed by atoms with E-state index in [1.807, 2.05) is 0 Å². The van der Waals surface area contributed by atoms with Gasteiger partial charge in [0.1, 0.15) is 10.1 Å². The van der Waals surface area contributed by atoms with E-state index in [1.54, 1.807) is 0 Å². The van der Waals surface area contributed by atoms with Gasteiger partial charge in [0.25, 0.3) is 5.56 Å². The van der Waals surface area contributed by atoms with E-state index in [-0.39, 0.29) is 16.3 Å². The van der Waals surface area contributed by atoms with Gasteiger partial charge in [-0.15, -0.1) is 5.11 Å². The Morgan fingerprint density at radius 3 is 2.00 bits per heavy atom. The maximum absolute atomic E-state index is 12.3. The topological polar surface area (TPSA) is 191 Å². The quantitative estimate of drug-likeness (QED) is 0.405. The molecule has 2 aromatic carbocycles. The largest absolute Gasteiger partial charge is 0.744 e. The molecule has 31 heavy (non-hydrogen) atoms. The lowest BCUT2D eigenvalue weighted by atomic mass is 10.3. The molecule has 0 spiro atoms. The van der Waals surface area contributed by atoms with E-state index >= 15 is 0 Å². The van der Waals surface area contributed by atoms with Crippen molar-refractivity contribution in [3.8, 4) is 5.69 Å². The molecule has 2 N–H and O–H groups in total. The molecule has 0 aliphatic rings. The molecule has 0 aliphatic carbocycles. The third-order valence-electron chi connectivity index (χ3n) is 3.99. The first-order valence-corrected chi connectivity index (χ1v) is 11.5. The first-order valence-electron chi connectivity index (χ1n) is 8.24. The zero-order valence-corrected chi connectivity index (χ0v) is 17.2. The van der Waals surface area contributed by atoms with Crippen LogP contribution in [0.3, 0.4) is 0 Å². The minimum absolute atomic E-state index is 0.0465. The molecule has 0 amide bonds. The van der Waals surface area contributed by atoms with Crippen molar-refractivity contribution in [2.75, 3.05) is 6.26 Å². The van der Waals surface area contributed by atoms with Crippen molar-refractivity contribution in [2.45, 2.75) is 9.79 Å². The maximum Gasteiger partial charge on any atom is 0.357 e. The molecular formula is C17H13N4O8S2-. The van der Waals surface area contributed by atoms with E-state index < -0.39 is 47.8 Å². The minimum atomic E-state index is -4.70. The fourth-order valence-corrected chi connectivity index (χ4v) is 3.64. The van der Waals surface area contributed by atoms with Crippen LogP contribution in [0.1, 0.15) is 10.5 Å². The lowest BCUT2D eigenvalue weighted by Gasteiger charge is -2.09. The van der Waals surface area contributed by atoms with Crippen molar-refractivity contribution in [1.29, 1.82) is 0 Å². The van der Waals surface area contributed by atoms with Crippen LogP contribution in [0.5, 0.6) is 0 Å². The van der Waals surface area contributed by atoms with Gasteiger partial charge in [-0.05, 0) is 48.5 Å². The van der Waals surface area contributed by atoms with Crippen molar-refractivity contribution in [2.24, 2.45) is 10.2 Å². The number of hydrogen-bond donors (Lipinski definition) is 2. The molecular weight excluding hydrogens is 452 g/mol. The molecule has 0 saturated carbocycles. The number of rotatable bonds is 6. The summed E-state index contributed by atoms with van der Waals surface area (Å²) >= 11 is 0. The second kappa shape index (κ2) is 7.90. The highest BCUT2D eigenvalue weighted by molar-refractivity contribution is 7.90. The minimum Gasteiger partial charge on any atom is -0.744 e. The summed E-state index contributed by atoms with van der Waals surface area (Å²) in [7, 11) is -8.12. The second-order valence-electron chi connectivity index (χ2n) is 6.19. The summed E-state index contributed by atoms with van der Waals surface area (Å²) in [5.74, 6) is -1.53. The highest BCUT2D eigenvalue weighted by Crippen LogP contribution is 2.23. The van der Waals surface area contributed by atoms with Crippen LogP contribution in [-0.4, -0.2) is 48.5 Å². The number of nitrogens with zero attached hydrogens (tertiary/aromatic N) is 3. The van der Waals surface area contributed by atoms with Crippen molar-refractivity contribution in [3.05, 3.63) is 64.6 Å². The summed E-state index contributed by atoms with van der Waals surface area (Å²) in [5, 5.41) is 19.2. The van der Waals surface area contributed by atoms with Gasteiger partial charge in [-0.1, -0.05) is 0 Å². The third kappa shape index (κ3) is 4.76. The van der Waals surface area contributed by atoms with E-state index in [4.69, 9.17) is 0 Å². The van der Waals surface area contributed by atoms with E-state index in [0.717, 1.165) is 35.2 Å². The Kier molecular flexibility index (Phi) is 5.62. The van der Waals surface area contributed by atoms with E-state index in [2.05, 4.69) is 15.3 Å². The number of aromatic nitrogens is 2. The number of carbonyl (C=O) groups is 1. The Balaban J connectivity index is 2.03. The van der Waals surface area contributed by atoms with Gasteiger partial charge in [0, 0.05) is 6.26 Å². The predicted octanol–water partition coefficient (Wildman–Crippen LogP) is 1.59. The normalized spacial score (nSPS) is 12.3. The van der Waals surface area contributed by atoms with Crippen molar-refractivity contribution in [1.82, 2.24) is 9.78 Å². The SMILES string of the molecule is CS(=O)(=O)c1ccc(N=Nc2c(C(=O)O)n(-c3ccc(S(=O)(=O)[O-])cc3)[nH]c2=O)cc1. The molecule has 162 valence electrons. The van der Waals surface area contributed by atoms with E-state index in [1.165, 1.54) is 24.3 Å². The number of nitrogens with one attached hydrogen (secondary N) is 1. The van der Waals surface area contributed by atoms with Crippen molar-refractivity contribution >= 4 is 37.3 Å². The number of H-pyrrole nitrogens is 1. The maximum atomic E-state index is 12.3. The zero-order valence-electron chi connectivity index (χ0n) is 15.6. The lowest BCUT2D eigenvalue weighted by Crippen LogP contribution is -2.09. The number of carboxylic acid groups (broad SMARTS) is 1. The van der Waals surface area contributed by atoms with Gasteiger partial charge in [-0.2, -0.15) is 5.11 Å². The number of carboxylic acids is 1. The molecule has 0 saturated heterocycles. The van der Waals surface area contributed by atoms with Gasteiger partial charge in [-0.3, -0.25) is 9.89 Å². The molecule has 14 heteroatoms. The number of sulfone groups is 1. The average Bonchev–Trinajstić information content (AvgIpc) is 3.02. The van der Waals surface area contributed by atoms with Crippen LogP contribution in [-0.2, 0) is 20.0 Å². The molecule has 1 aromatic heterocycles. The number of benzene rings is 2. The molecule has 0 unspecified atom stereocenters. The van der Waals surface area contributed by atoms with Gasteiger partial charge >= 0.3 is 5.97 Å². The molecule has 1 heterocycles. The number of hydrogen-bond acceptors (Lipinski definition) is 9. The smallest absolute Gasteiger partial charge is 0.357 e. The van der Waals surface area contributed by atoms with Crippen molar-refractivity contribution < 1.29 is 31.3 Å². The predicted molar refractivity (Wildman–Crippen MR) is 105 cm³/mol. The molecule has 12 nitrogen and oxygen atoms in total. The van der Waals surface area contributed by atoms with Gasteiger partial charge in [0.2, 0.25) is 0 Å². The number of aromatic carboxylic acids is 1. The molecule has 0 atom stereocenters. The van der Waals surface area contributed by atoms with E-state index in [0.29, 0.717) is 0 Å². The molecule has 0 bridgehead atoms. The van der Waals surface area contributed by atoms with Gasteiger partial charge in [0.15, 0.2) is 21.2 Å². The van der Waals surface area contributed by atoms with Crippen molar-refractivity contribution in [3.63, 3.8) is 0 Å². The molecule has 0 fully saturated rings. The first kappa shape index (κ1) is 22.1. The van der Waals surface area contributed by atoms with Gasteiger partial charge < -0.3 is 9.66 Å². The monoisotopic (exact) mass is 465 g/mol. The Hall–Kier alpha value is -3.62. The lowest BCUT2D eigenvalue weighted by molar-refractivity contribution is 0.0687. The van der Waals surface area contributed by atoms with Crippen LogP contribution < -0.4 is 5.56 Å². The third-order valence-corrected chi connectivity index (χ3v) is 5.97. The van der Waals surface area contributed by atoms with Gasteiger partial charge in [0.05, 0.1) is 21.2 Å². The number of azo groups is 1. The summed E-state index contributed by atoms with van der Waals surface area (Å²) in [6, 6.07) is 9.42. The van der Waals surface area contributed by atoms with Crippen LogP contribution in [0, 0.1) is 0 Å². The Labute approximate surface area is 175 Å². The summed E-state index contributed by atoms with van der Waals surface area (Å²) in [5.41, 5.74) is -1.80. The van der Waals surface area contributed by atoms with Crippen LogP contribution in [0.4, 0.5) is 11.4 Å². The van der Waals surface area contributed by atoms with Crippen LogP contribution in [0.25, 0.3) is 5.69 Å². The highest BCUT2D eigenvalue weighted by Gasteiger charge is 2.22. The van der Waals surface area contributed by atoms with E-state index in [9.17, 15) is 36.1 Å². The summed E-state index contributed by atoms with van der Waals surface area (Å²) in [6.07, 6.45) is 1.03. The van der Waals surface area contributed by atoms with Crippen LogP contribution in [0.15, 0.2) is 73.3 Å². The van der Waals surface area contributed by atoms with Crippen LogP contribution >= 0.6 is 0 Å². The fraction of sp³-hybridized carbons (Fsp3) is 0.0588. The summed E-state index contributed by atoms with van der Waals surface area (Å²) in [4.78, 5) is 23.5. The standard InChI is InChI=1S/C17H14N4O8S2/c1-30(25,26)12-6-2-10(3-7-12)18-19-14-15(17(23)24)21(20-16(14)22)11-4-8-13(9-5-11)31(27,28)29/h2-9H,1H3,(H,20,22)(H,23,24)(H,27,28,29)/p-1. The Morgan fingerprint density at radius 2 is 1.52 bits per heavy atom. The fourth-order valence-electron chi connectivity index (χ4n) is 2.54. The molecule has 3 rings (SSSR count). The molecule has 3 aromatic rings. The highest BCUT2D eigenvalue weighted by atomic mass is 32.2. The van der Waals surface area contributed by atoms with Gasteiger partial charge in [-0.25, -0.2) is 26.3 Å². The Bertz CT molecular complexity index is 1450.